The van der Waals surface area contributed by atoms with Gasteiger partial charge in [-0.05, 0) is 36.2 Å². The fourth-order valence-corrected chi connectivity index (χ4v) is 3.90. The van der Waals surface area contributed by atoms with Gasteiger partial charge in [0.15, 0.2) is 5.41 Å². The van der Waals surface area contributed by atoms with E-state index in [1.165, 1.54) is 0 Å². The van der Waals surface area contributed by atoms with Gasteiger partial charge in [-0.1, -0.05) is 60.7 Å². The standard InChI is InChI=1S/C23H20O4/c1-3-26-21(24)23(2)20(16-10-5-4-6-11-16)19-17-12-8-7-9-15(17)13-14-18(19)27-22(23)25/h4-14,20H,3H2,1-2H3. The third kappa shape index (κ3) is 2.60. The van der Waals surface area contributed by atoms with Crippen LogP contribution in [0.3, 0.4) is 0 Å². The van der Waals surface area contributed by atoms with Gasteiger partial charge in [0.25, 0.3) is 0 Å². The van der Waals surface area contributed by atoms with Crippen LogP contribution in [0.15, 0.2) is 66.7 Å². The molecule has 0 saturated carbocycles. The lowest BCUT2D eigenvalue weighted by atomic mass is 9.67. The molecule has 2 atom stereocenters. The molecule has 2 unspecified atom stereocenters. The van der Waals surface area contributed by atoms with Crippen molar-refractivity contribution in [3.8, 4) is 5.75 Å². The maximum Gasteiger partial charge on any atom is 0.329 e. The zero-order valence-corrected chi connectivity index (χ0v) is 15.3. The van der Waals surface area contributed by atoms with Crippen molar-refractivity contribution in [2.45, 2.75) is 19.8 Å². The number of fused-ring (bicyclic) bond motifs is 3. The molecular formula is C23H20O4. The molecule has 0 aromatic heterocycles. The number of hydrogen-bond acceptors (Lipinski definition) is 4. The van der Waals surface area contributed by atoms with Gasteiger partial charge in [-0.2, -0.15) is 0 Å². The van der Waals surface area contributed by atoms with E-state index in [1.54, 1.807) is 19.9 Å². The molecule has 4 heteroatoms. The summed E-state index contributed by atoms with van der Waals surface area (Å²) in [5.41, 5.74) is 0.255. The van der Waals surface area contributed by atoms with Gasteiger partial charge >= 0.3 is 11.9 Å². The van der Waals surface area contributed by atoms with Gasteiger partial charge in [0.05, 0.1) is 6.61 Å². The average Bonchev–Trinajstić information content (AvgIpc) is 2.69. The molecule has 1 aliphatic heterocycles. The van der Waals surface area contributed by atoms with Crippen molar-refractivity contribution in [3.63, 3.8) is 0 Å². The first-order valence-electron chi connectivity index (χ1n) is 9.03. The van der Waals surface area contributed by atoms with E-state index in [1.807, 2.05) is 60.7 Å². The molecule has 0 saturated heterocycles. The Balaban J connectivity index is 2.05. The van der Waals surface area contributed by atoms with E-state index >= 15 is 0 Å². The van der Waals surface area contributed by atoms with Crippen molar-refractivity contribution in [2.24, 2.45) is 5.41 Å². The molecule has 0 spiro atoms. The predicted molar refractivity (Wildman–Crippen MR) is 103 cm³/mol. The second-order valence-corrected chi connectivity index (χ2v) is 6.85. The van der Waals surface area contributed by atoms with Gasteiger partial charge in [0.2, 0.25) is 0 Å². The number of ether oxygens (including phenoxy) is 2. The first kappa shape index (κ1) is 17.3. The molecule has 0 radical (unpaired) electrons. The fraction of sp³-hybridized carbons (Fsp3) is 0.217. The number of benzene rings is 3. The highest BCUT2D eigenvalue weighted by molar-refractivity contribution is 6.05. The van der Waals surface area contributed by atoms with Crippen molar-refractivity contribution < 1.29 is 19.1 Å². The van der Waals surface area contributed by atoms with Crippen molar-refractivity contribution >= 4 is 22.7 Å². The molecule has 0 aliphatic carbocycles. The van der Waals surface area contributed by atoms with Gasteiger partial charge in [-0.15, -0.1) is 0 Å². The largest absolute Gasteiger partial charge is 0.465 e. The summed E-state index contributed by atoms with van der Waals surface area (Å²) in [6.07, 6.45) is 0. The summed E-state index contributed by atoms with van der Waals surface area (Å²) in [7, 11) is 0. The summed E-state index contributed by atoms with van der Waals surface area (Å²) in [5.74, 6) is -1.16. The highest BCUT2D eigenvalue weighted by atomic mass is 16.6. The topological polar surface area (TPSA) is 52.6 Å². The van der Waals surface area contributed by atoms with E-state index in [9.17, 15) is 9.59 Å². The summed E-state index contributed by atoms with van der Waals surface area (Å²) in [4.78, 5) is 25.9. The lowest BCUT2D eigenvalue weighted by Crippen LogP contribution is -2.48. The van der Waals surface area contributed by atoms with Gasteiger partial charge in [0.1, 0.15) is 5.75 Å². The molecule has 3 aromatic carbocycles. The van der Waals surface area contributed by atoms with Crippen LogP contribution in [0, 0.1) is 5.41 Å². The molecule has 136 valence electrons. The Morgan fingerprint density at radius 1 is 1.04 bits per heavy atom. The number of carbonyl (C=O) groups is 2. The van der Waals surface area contributed by atoms with Gasteiger partial charge in [0, 0.05) is 11.5 Å². The SMILES string of the molecule is CCOC(=O)C1(C)C(=O)Oc2ccc3ccccc3c2C1c1ccccc1. The zero-order chi connectivity index (χ0) is 19.0. The normalized spacial score (nSPS) is 21.4. The minimum atomic E-state index is -1.46. The van der Waals surface area contributed by atoms with Crippen LogP contribution in [0.2, 0.25) is 0 Å². The minimum absolute atomic E-state index is 0.200. The monoisotopic (exact) mass is 360 g/mol. The van der Waals surface area contributed by atoms with Crippen LogP contribution in [0.25, 0.3) is 10.8 Å². The first-order chi connectivity index (χ1) is 13.1. The maximum atomic E-state index is 13.0. The molecule has 0 bridgehead atoms. The quantitative estimate of drug-likeness (QED) is 0.393. The van der Waals surface area contributed by atoms with Gasteiger partial charge in [-0.3, -0.25) is 9.59 Å². The smallest absolute Gasteiger partial charge is 0.329 e. The third-order valence-electron chi connectivity index (χ3n) is 5.26. The van der Waals surface area contributed by atoms with E-state index in [0.717, 1.165) is 21.9 Å². The number of rotatable bonds is 3. The van der Waals surface area contributed by atoms with Crippen LogP contribution >= 0.6 is 0 Å². The Bertz CT molecular complexity index is 1020. The molecule has 4 rings (SSSR count). The zero-order valence-electron chi connectivity index (χ0n) is 15.3. The molecule has 4 nitrogen and oxygen atoms in total. The van der Waals surface area contributed by atoms with Crippen LogP contribution in [0.1, 0.15) is 30.9 Å². The highest BCUT2D eigenvalue weighted by Gasteiger charge is 2.56. The summed E-state index contributed by atoms with van der Waals surface area (Å²) in [5, 5.41) is 1.99. The van der Waals surface area contributed by atoms with Crippen molar-refractivity contribution in [1.82, 2.24) is 0 Å². The molecule has 3 aromatic rings. The van der Waals surface area contributed by atoms with Crippen molar-refractivity contribution in [3.05, 3.63) is 77.9 Å². The molecular weight excluding hydrogens is 340 g/mol. The molecule has 0 N–H and O–H groups in total. The Morgan fingerprint density at radius 2 is 1.74 bits per heavy atom. The van der Waals surface area contributed by atoms with Gasteiger partial charge < -0.3 is 9.47 Å². The van der Waals surface area contributed by atoms with E-state index < -0.39 is 23.3 Å². The second kappa shape index (κ2) is 6.54. The molecule has 0 amide bonds. The van der Waals surface area contributed by atoms with Gasteiger partial charge in [-0.25, -0.2) is 0 Å². The summed E-state index contributed by atoms with van der Waals surface area (Å²) < 4.78 is 10.9. The van der Waals surface area contributed by atoms with Crippen LogP contribution in [-0.2, 0) is 14.3 Å². The lowest BCUT2D eigenvalue weighted by Gasteiger charge is -2.39. The summed E-state index contributed by atoms with van der Waals surface area (Å²) >= 11 is 0. The Kier molecular flexibility index (Phi) is 4.19. The molecule has 27 heavy (non-hydrogen) atoms. The summed E-state index contributed by atoms with van der Waals surface area (Å²) in [6, 6.07) is 21.2. The molecule has 0 fully saturated rings. The van der Waals surface area contributed by atoms with Crippen LogP contribution < -0.4 is 4.74 Å². The second-order valence-electron chi connectivity index (χ2n) is 6.85. The Hall–Kier alpha value is -3.14. The van der Waals surface area contributed by atoms with E-state index in [-0.39, 0.29) is 6.61 Å². The number of esters is 2. The van der Waals surface area contributed by atoms with Crippen molar-refractivity contribution in [2.75, 3.05) is 6.61 Å². The van der Waals surface area contributed by atoms with Crippen LogP contribution in [0.5, 0.6) is 5.75 Å². The number of hydrogen-bond donors (Lipinski definition) is 0. The van der Waals surface area contributed by atoms with E-state index in [4.69, 9.17) is 9.47 Å². The maximum absolute atomic E-state index is 13.0. The Labute approximate surface area is 157 Å². The number of carbonyl (C=O) groups excluding carboxylic acids is 2. The first-order valence-corrected chi connectivity index (χ1v) is 9.03. The average molecular weight is 360 g/mol. The third-order valence-corrected chi connectivity index (χ3v) is 5.26. The highest BCUT2D eigenvalue weighted by Crippen LogP contribution is 2.52. The van der Waals surface area contributed by atoms with E-state index in [2.05, 4.69) is 0 Å². The molecule has 1 heterocycles. The Morgan fingerprint density at radius 3 is 2.48 bits per heavy atom. The lowest BCUT2D eigenvalue weighted by molar-refractivity contribution is -0.168. The van der Waals surface area contributed by atoms with Crippen LogP contribution in [0.4, 0.5) is 0 Å². The molecule has 1 aliphatic rings. The van der Waals surface area contributed by atoms with Crippen molar-refractivity contribution in [1.29, 1.82) is 0 Å². The van der Waals surface area contributed by atoms with E-state index in [0.29, 0.717) is 5.75 Å². The fourth-order valence-electron chi connectivity index (χ4n) is 3.90. The minimum Gasteiger partial charge on any atom is -0.465 e. The summed E-state index contributed by atoms with van der Waals surface area (Å²) in [6.45, 7) is 3.55. The predicted octanol–water partition coefficient (Wildman–Crippen LogP) is 4.46. The van der Waals surface area contributed by atoms with Crippen LogP contribution in [-0.4, -0.2) is 18.5 Å².